The molecule has 20 heavy (non-hydrogen) atoms. The van der Waals surface area contributed by atoms with Crippen LogP contribution in [0.15, 0.2) is 36.7 Å². The number of carbonyl (C=O) groups excluding carboxylic acids is 1. The zero-order valence-corrected chi connectivity index (χ0v) is 11.2. The molecule has 0 aliphatic rings. The minimum absolute atomic E-state index is 0.298. The van der Waals surface area contributed by atoms with Gasteiger partial charge in [0.2, 0.25) is 0 Å². The van der Waals surface area contributed by atoms with Gasteiger partial charge >= 0.3 is 5.97 Å². The molecule has 2 aromatic heterocycles. The van der Waals surface area contributed by atoms with E-state index in [1.165, 1.54) is 13.3 Å². The standard InChI is InChI=1S/C14H16N4O2/c1-20-14(19)11-8-13(18-9-12(11)15)17-7-5-10-4-2-3-6-16-10/h2-4,6,8-9H,5,7,15H2,1H3,(H,17,18). The smallest absolute Gasteiger partial charge is 0.340 e. The van der Waals surface area contributed by atoms with Crippen LogP contribution in [0, 0.1) is 0 Å². The van der Waals surface area contributed by atoms with Crippen molar-refractivity contribution in [3.05, 3.63) is 47.9 Å². The fraction of sp³-hybridized carbons (Fsp3) is 0.214. The van der Waals surface area contributed by atoms with Crippen LogP contribution in [-0.2, 0) is 11.2 Å². The van der Waals surface area contributed by atoms with Crippen LogP contribution in [0.3, 0.4) is 0 Å². The monoisotopic (exact) mass is 272 g/mol. The van der Waals surface area contributed by atoms with E-state index in [1.807, 2.05) is 18.2 Å². The van der Waals surface area contributed by atoms with Crippen molar-refractivity contribution in [3.8, 4) is 0 Å². The first-order chi connectivity index (χ1) is 9.70. The Morgan fingerprint density at radius 2 is 2.25 bits per heavy atom. The van der Waals surface area contributed by atoms with Gasteiger partial charge in [0.1, 0.15) is 5.82 Å². The molecule has 6 heteroatoms. The Morgan fingerprint density at radius 3 is 2.95 bits per heavy atom. The lowest BCUT2D eigenvalue weighted by Gasteiger charge is -2.08. The zero-order valence-electron chi connectivity index (χ0n) is 11.2. The molecule has 0 saturated carbocycles. The molecule has 0 fully saturated rings. The summed E-state index contributed by atoms with van der Waals surface area (Å²) in [6, 6.07) is 7.36. The van der Waals surface area contributed by atoms with Gasteiger partial charge < -0.3 is 15.8 Å². The molecule has 2 rings (SSSR count). The number of rotatable bonds is 5. The first-order valence-electron chi connectivity index (χ1n) is 6.18. The van der Waals surface area contributed by atoms with E-state index < -0.39 is 5.97 Å². The van der Waals surface area contributed by atoms with Gasteiger partial charge in [-0.1, -0.05) is 6.07 Å². The number of aromatic nitrogens is 2. The quantitative estimate of drug-likeness (QED) is 0.802. The summed E-state index contributed by atoms with van der Waals surface area (Å²) >= 11 is 0. The molecule has 2 aromatic rings. The SMILES string of the molecule is COC(=O)c1cc(NCCc2ccccn2)ncc1N. The maximum atomic E-state index is 11.5. The second-order valence-electron chi connectivity index (χ2n) is 4.15. The number of pyridine rings is 2. The third-order valence-electron chi connectivity index (χ3n) is 2.75. The van der Waals surface area contributed by atoms with Crippen molar-refractivity contribution in [2.75, 3.05) is 24.7 Å². The molecule has 6 nitrogen and oxygen atoms in total. The topological polar surface area (TPSA) is 90.1 Å². The van der Waals surface area contributed by atoms with E-state index in [0.717, 1.165) is 12.1 Å². The van der Waals surface area contributed by atoms with Gasteiger partial charge in [-0.05, 0) is 18.2 Å². The van der Waals surface area contributed by atoms with E-state index >= 15 is 0 Å². The first-order valence-corrected chi connectivity index (χ1v) is 6.18. The zero-order chi connectivity index (χ0) is 14.4. The second-order valence-corrected chi connectivity index (χ2v) is 4.15. The van der Waals surface area contributed by atoms with Gasteiger partial charge in [0, 0.05) is 24.9 Å². The molecule has 0 spiro atoms. The number of esters is 1. The summed E-state index contributed by atoms with van der Waals surface area (Å²) in [5, 5.41) is 3.13. The van der Waals surface area contributed by atoms with Crippen molar-refractivity contribution in [2.24, 2.45) is 0 Å². The van der Waals surface area contributed by atoms with Crippen LogP contribution >= 0.6 is 0 Å². The number of anilines is 2. The van der Waals surface area contributed by atoms with Gasteiger partial charge in [-0.15, -0.1) is 0 Å². The summed E-state index contributed by atoms with van der Waals surface area (Å²) in [4.78, 5) is 19.9. The molecule has 0 aliphatic carbocycles. The lowest BCUT2D eigenvalue weighted by atomic mass is 10.2. The minimum Gasteiger partial charge on any atom is -0.465 e. The first kappa shape index (κ1) is 13.8. The number of hydrogen-bond acceptors (Lipinski definition) is 6. The molecular formula is C14H16N4O2. The Balaban J connectivity index is 1.98. The van der Waals surface area contributed by atoms with Gasteiger partial charge in [0.05, 0.1) is 24.6 Å². The number of nitrogens with one attached hydrogen (secondary N) is 1. The molecule has 104 valence electrons. The number of carbonyl (C=O) groups is 1. The maximum Gasteiger partial charge on any atom is 0.340 e. The highest BCUT2D eigenvalue weighted by Crippen LogP contribution is 2.15. The Morgan fingerprint density at radius 1 is 1.40 bits per heavy atom. The van der Waals surface area contributed by atoms with Crippen molar-refractivity contribution in [2.45, 2.75) is 6.42 Å². The van der Waals surface area contributed by atoms with Gasteiger partial charge in [-0.25, -0.2) is 9.78 Å². The predicted molar refractivity (Wildman–Crippen MR) is 76.4 cm³/mol. The third kappa shape index (κ3) is 3.44. The fourth-order valence-corrected chi connectivity index (χ4v) is 1.71. The largest absolute Gasteiger partial charge is 0.465 e. The predicted octanol–water partition coefficient (Wildman–Crippen LogP) is 1.50. The fourth-order valence-electron chi connectivity index (χ4n) is 1.71. The molecule has 3 N–H and O–H groups in total. The molecule has 0 aromatic carbocycles. The van der Waals surface area contributed by atoms with Crippen LogP contribution < -0.4 is 11.1 Å². The molecule has 2 heterocycles. The Hall–Kier alpha value is -2.63. The molecule has 0 saturated heterocycles. The number of methoxy groups -OCH3 is 1. The van der Waals surface area contributed by atoms with Crippen molar-refractivity contribution in [1.82, 2.24) is 9.97 Å². The summed E-state index contributed by atoms with van der Waals surface area (Å²) < 4.78 is 4.66. The summed E-state index contributed by atoms with van der Waals surface area (Å²) in [6.07, 6.45) is 3.96. The van der Waals surface area contributed by atoms with E-state index in [0.29, 0.717) is 23.6 Å². The molecule has 0 bridgehead atoms. The lowest BCUT2D eigenvalue weighted by molar-refractivity contribution is 0.0602. The number of hydrogen-bond donors (Lipinski definition) is 2. The van der Waals surface area contributed by atoms with Crippen LogP contribution in [0.25, 0.3) is 0 Å². The Kier molecular flexibility index (Phi) is 4.49. The average molecular weight is 272 g/mol. The van der Waals surface area contributed by atoms with Crippen LogP contribution in [0.2, 0.25) is 0 Å². The van der Waals surface area contributed by atoms with E-state index in [-0.39, 0.29) is 0 Å². The highest BCUT2D eigenvalue weighted by molar-refractivity contribution is 5.95. The van der Waals surface area contributed by atoms with Crippen molar-refractivity contribution < 1.29 is 9.53 Å². The highest BCUT2D eigenvalue weighted by atomic mass is 16.5. The Labute approximate surface area is 117 Å². The van der Waals surface area contributed by atoms with Gasteiger partial charge in [-0.2, -0.15) is 0 Å². The average Bonchev–Trinajstić information content (AvgIpc) is 2.49. The highest BCUT2D eigenvalue weighted by Gasteiger charge is 2.11. The summed E-state index contributed by atoms with van der Waals surface area (Å²) in [5.41, 5.74) is 7.28. The molecule has 0 unspecified atom stereocenters. The summed E-state index contributed by atoms with van der Waals surface area (Å²) in [5.74, 6) is 0.105. The van der Waals surface area contributed by atoms with Crippen molar-refractivity contribution in [1.29, 1.82) is 0 Å². The number of nitrogen functional groups attached to an aromatic ring is 1. The van der Waals surface area contributed by atoms with Crippen LogP contribution in [0.1, 0.15) is 16.1 Å². The third-order valence-corrected chi connectivity index (χ3v) is 2.75. The lowest BCUT2D eigenvalue weighted by Crippen LogP contribution is -2.11. The molecular weight excluding hydrogens is 256 g/mol. The normalized spacial score (nSPS) is 10.1. The van der Waals surface area contributed by atoms with Crippen molar-refractivity contribution >= 4 is 17.5 Å². The van der Waals surface area contributed by atoms with E-state index in [2.05, 4.69) is 20.0 Å². The van der Waals surface area contributed by atoms with Crippen LogP contribution in [0.5, 0.6) is 0 Å². The summed E-state index contributed by atoms with van der Waals surface area (Å²) in [7, 11) is 1.32. The minimum atomic E-state index is -0.474. The number of ether oxygens (including phenoxy) is 1. The Bertz CT molecular complexity index is 587. The second kappa shape index (κ2) is 6.51. The molecule has 0 atom stereocenters. The molecule has 0 radical (unpaired) electrons. The maximum absolute atomic E-state index is 11.5. The van der Waals surface area contributed by atoms with Gasteiger partial charge in [0.15, 0.2) is 0 Å². The molecule has 0 aliphatic heterocycles. The van der Waals surface area contributed by atoms with Gasteiger partial charge in [-0.3, -0.25) is 4.98 Å². The number of nitrogens with two attached hydrogens (primary N) is 1. The molecule has 0 amide bonds. The summed E-state index contributed by atoms with van der Waals surface area (Å²) in [6.45, 7) is 0.661. The van der Waals surface area contributed by atoms with Crippen LogP contribution in [-0.4, -0.2) is 29.6 Å². The number of nitrogens with zero attached hydrogens (tertiary/aromatic N) is 2. The van der Waals surface area contributed by atoms with Crippen molar-refractivity contribution in [3.63, 3.8) is 0 Å². The van der Waals surface area contributed by atoms with E-state index in [9.17, 15) is 4.79 Å². The van der Waals surface area contributed by atoms with E-state index in [4.69, 9.17) is 5.73 Å². The van der Waals surface area contributed by atoms with Gasteiger partial charge in [0.25, 0.3) is 0 Å². The van der Waals surface area contributed by atoms with Crippen LogP contribution in [0.4, 0.5) is 11.5 Å². The van der Waals surface area contributed by atoms with E-state index in [1.54, 1.807) is 12.3 Å².